The van der Waals surface area contributed by atoms with Gasteiger partial charge in [0, 0.05) is 18.3 Å². The molecule has 0 aliphatic rings. The number of ether oxygens (including phenoxy) is 1. The first-order valence-corrected chi connectivity index (χ1v) is 6.48. The number of nitro groups is 1. The minimum absolute atomic E-state index is 0.171. The van der Waals surface area contributed by atoms with E-state index in [0.29, 0.717) is 24.5 Å². The molecule has 0 amide bonds. The Bertz CT molecular complexity index is 647. The van der Waals surface area contributed by atoms with Crippen LogP contribution in [0.2, 0.25) is 0 Å². The van der Waals surface area contributed by atoms with Crippen molar-refractivity contribution in [3.63, 3.8) is 0 Å². The minimum Gasteiger partial charge on any atom is -0.492 e. The summed E-state index contributed by atoms with van der Waals surface area (Å²) < 4.78 is 5.35. The fourth-order valence-corrected chi connectivity index (χ4v) is 1.85. The van der Waals surface area contributed by atoms with E-state index in [-0.39, 0.29) is 17.2 Å². The lowest BCUT2D eigenvalue weighted by molar-refractivity contribution is -0.383. The van der Waals surface area contributed by atoms with Gasteiger partial charge in [0.05, 0.1) is 17.7 Å². The molecule has 0 aromatic carbocycles. The van der Waals surface area contributed by atoms with Crippen LogP contribution in [0, 0.1) is 10.1 Å². The van der Waals surface area contributed by atoms with E-state index in [9.17, 15) is 10.1 Å². The van der Waals surface area contributed by atoms with Crippen molar-refractivity contribution in [3.05, 3.63) is 34.9 Å². The van der Waals surface area contributed by atoms with E-state index in [1.807, 2.05) is 13.8 Å². The van der Waals surface area contributed by atoms with Gasteiger partial charge in [0.15, 0.2) is 5.69 Å². The summed E-state index contributed by atoms with van der Waals surface area (Å²) in [6.45, 7) is 4.69. The number of nitrogens with one attached hydrogen (secondary N) is 1. The first-order valence-electron chi connectivity index (χ1n) is 6.48. The maximum absolute atomic E-state index is 11.3. The maximum Gasteiger partial charge on any atom is 0.337 e. The van der Waals surface area contributed by atoms with Gasteiger partial charge in [-0.05, 0) is 19.9 Å². The van der Waals surface area contributed by atoms with Crippen LogP contribution < -0.4 is 10.1 Å². The molecule has 2 aromatic heterocycles. The summed E-state index contributed by atoms with van der Waals surface area (Å²) in [4.78, 5) is 22.8. The van der Waals surface area contributed by atoms with Gasteiger partial charge in [-0.2, -0.15) is 0 Å². The number of pyridine rings is 1. The molecule has 2 aromatic rings. The summed E-state index contributed by atoms with van der Waals surface area (Å²) in [6, 6.07) is 1.67. The lowest BCUT2D eigenvalue weighted by atomic mass is 10.1. The van der Waals surface area contributed by atoms with Crippen LogP contribution in [0.3, 0.4) is 0 Å². The van der Waals surface area contributed by atoms with E-state index >= 15 is 0 Å². The Morgan fingerprint density at radius 1 is 1.33 bits per heavy atom. The highest BCUT2D eigenvalue weighted by Gasteiger charge is 2.24. The standard InChI is InChI=1S/C13H15N5O3/c1-3-15-13-12(18(19)20)11(16-8-17-13)9-5-10(21-4-2)7-14-6-9/h5-8H,3-4H2,1-2H3,(H,15,16,17). The van der Waals surface area contributed by atoms with E-state index in [1.54, 1.807) is 12.3 Å². The zero-order valence-electron chi connectivity index (χ0n) is 11.7. The van der Waals surface area contributed by atoms with Gasteiger partial charge in [-0.15, -0.1) is 0 Å². The van der Waals surface area contributed by atoms with E-state index in [4.69, 9.17) is 4.74 Å². The summed E-state index contributed by atoms with van der Waals surface area (Å²) in [6.07, 6.45) is 4.34. The summed E-state index contributed by atoms with van der Waals surface area (Å²) in [5, 5.41) is 14.2. The summed E-state index contributed by atoms with van der Waals surface area (Å²) in [7, 11) is 0. The number of aromatic nitrogens is 3. The third-order valence-corrected chi connectivity index (χ3v) is 2.65. The van der Waals surface area contributed by atoms with Gasteiger partial charge in [0.25, 0.3) is 0 Å². The lowest BCUT2D eigenvalue weighted by Gasteiger charge is -2.08. The van der Waals surface area contributed by atoms with Gasteiger partial charge in [-0.1, -0.05) is 0 Å². The molecule has 0 atom stereocenters. The molecule has 0 unspecified atom stereocenters. The second-order valence-corrected chi connectivity index (χ2v) is 4.05. The number of rotatable bonds is 6. The van der Waals surface area contributed by atoms with Crippen LogP contribution in [0.5, 0.6) is 5.75 Å². The second kappa shape index (κ2) is 6.60. The van der Waals surface area contributed by atoms with Gasteiger partial charge >= 0.3 is 5.69 Å². The van der Waals surface area contributed by atoms with Crippen LogP contribution in [0.1, 0.15) is 13.8 Å². The third kappa shape index (κ3) is 3.22. The van der Waals surface area contributed by atoms with Crippen molar-refractivity contribution in [2.45, 2.75) is 13.8 Å². The predicted octanol–water partition coefficient (Wildman–Crippen LogP) is 2.28. The second-order valence-electron chi connectivity index (χ2n) is 4.05. The SMILES string of the molecule is CCNc1ncnc(-c2cncc(OCC)c2)c1[N+](=O)[O-]. The highest BCUT2D eigenvalue weighted by atomic mass is 16.6. The average Bonchev–Trinajstić information content (AvgIpc) is 2.48. The van der Waals surface area contributed by atoms with E-state index in [1.165, 1.54) is 12.5 Å². The van der Waals surface area contributed by atoms with Crippen LogP contribution in [-0.2, 0) is 0 Å². The molecule has 0 saturated heterocycles. The number of hydrogen-bond acceptors (Lipinski definition) is 7. The van der Waals surface area contributed by atoms with Gasteiger partial charge in [0.2, 0.25) is 5.82 Å². The first-order chi connectivity index (χ1) is 10.2. The average molecular weight is 289 g/mol. The zero-order chi connectivity index (χ0) is 15.2. The summed E-state index contributed by atoms with van der Waals surface area (Å²) in [5.74, 6) is 0.724. The van der Waals surface area contributed by atoms with Crippen molar-refractivity contribution in [1.29, 1.82) is 0 Å². The molecule has 0 radical (unpaired) electrons. The van der Waals surface area contributed by atoms with Gasteiger partial charge in [-0.3, -0.25) is 15.1 Å². The van der Waals surface area contributed by atoms with Gasteiger partial charge < -0.3 is 10.1 Å². The van der Waals surface area contributed by atoms with Gasteiger partial charge in [-0.25, -0.2) is 9.97 Å². The number of anilines is 1. The molecule has 0 aliphatic carbocycles. The van der Waals surface area contributed by atoms with Crippen molar-refractivity contribution in [2.75, 3.05) is 18.5 Å². The molecule has 0 bridgehead atoms. The Balaban J connectivity index is 2.55. The first kappa shape index (κ1) is 14.6. The fraction of sp³-hybridized carbons (Fsp3) is 0.308. The van der Waals surface area contributed by atoms with Crippen LogP contribution >= 0.6 is 0 Å². The predicted molar refractivity (Wildman–Crippen MR) is 77.3 cm³/mol. The minimum atomic E-state index is -0.499. The zero-order valence-corrected chi connectivity index (χ0v) is 11.7. The van der Waals surface area contributed by atoms with Crippen LogP contribution in [0.25, 0.3) is 11.3 Å². The molecular formula is C13H15N5O3. The van der Waals surface area contributed by atoms with Crippen LogP contribution in [0.15, 0.2) is 24.8 Å². The normalized spacial score (nSPS) is 10.2. The molecule has 2 rings (SSSR count). The Kier molecular flexibility index (Phi) is 4.60. The molecular weight excluding hydrogens is 274 g/mol. The third-order valence-electron chi connectivity index (χ3n) is 2.65. The molecule has 110 valence electrons. The number of hydrogen-bond donors (Lipinski definition) is 1. The molecule has 8 heteroatoms. The van der Waals surface area contributed by atoms with Crippen molar-refractivity contribution < 1.29 is 9.66 Å². The molecule has 8 nitrogen and oxygen atoms in total. The lowest BCUT2D eigenvalue weighted by Crippen LogP contribution is -2.06. The molecule has 0 aliphatic heterocycles. The van der Waals surface area contributed by atoms with E-state index < -0.39 is 4.92 Å². The molecule has 0 fully saturated rings. The smallest absolute Gasteiger partial charge is 0.337 e. The summed E-state index contributed by atoms with van der Waals surface area (Å²) >= 11 is 0. The highest BCUT2D eigenvalue weighted by molar-refractivity contribution is 5.76. The Hall–Kier alpha value is -2.77. The summed E-state index contributed by atoms with van der Waals surface area (Å²) in [5.41, 5.74) is 0.545. The van der Waals surface area contributed by atoms with E-state index in [2.05, 4.69) is 20.3 Å². The van der Waals surface area contributed by atoms with Crippen molar-refractivity contribution in [1.82, 2.24) is 15.0 Å². The Morgan fingerprint density at radius 3 is 2.81 bits per heavy atom. The van der Waals surface area contributed by atoms with Crippen molar-refractivity contribution in [3.8, 4) is 17.0 Å². The number of nitrogens with zero attached hydrogens (tertiary/aromatic N) is 4. The quantitative estimate of drug-likeness (QED) is 0.642. The van der Waals surface area contributed by atoms with Crippen molar-refractivity contribution >= 4 is 11.5 Å². The topological polar surface area (TPSA) is 103 Å². The Labute approximate surface area is 121 Å². The molecule has 2 heterocycles. The van der Waals surface area contributed by atoms with Gasteiger partial charge in [0.1, 0.15) is 12.1 Å². The maximum atomic E-state index is 11.3. The molecule has 0 saturated carbocycles. The van der Waals surface area contributed by atoms with Crippen LogP contribution in [-0.4, -0.2) is 33.0 Å². The molecule has 0 spiro atoms. The molecule has 21 heavy (non-hydrogen) atoms. The van der Waals surface area contributed by atoms with Crippen molar-refractivity contribution in [2.24, 2.45) is 0 Å². The monoisotopic (exact) mass is 289 g/mol. The Morgan fingerprint density at radius 2 is 2.14 bits per heavy atom. The fourth-order valence-electron chi connectivity index (χ4n) is 1.85. The molecule has 1 N–H and O–H groups in total. The van der Waals surface area contributed by atoms with Crippen LogP contribution in [0.4, 0.5) is 11.5 Å². The largest absolute Gasteiger partial charge is 0.492 e. The highest BCUT2D eigenvalue weighted by Crippen LogP contribution is 2.33. The van der Waals surface area contributed by atoms with E-state index in [0.717, 1.165) is 0 Å².